The standard InChI is InChI=1S/C51H53NP3Si/c1-39(2)45-32-23-33-46(40(3)4)51(45)52-56(5,6)38-53(47-34-19-21-36-49(47)54(41-24-11-7-12-25-41)42-26-13-8-14-27-42)48-35-20-22-37-50(48)55(43-28-15-9-16-29-43)44-30-17-10-18-31-44/h7-37,39-40H,38H2,1-6H3/q-1. The molecule has 0 aromatic heterocycles. The van der Waals surface area contributed by atoms with E-state index in [4.69, 9.17) is 4.98 Å². The third kappa shape index (κ3) is 9.18. The monoisotopic (exact) mass is 800 g/mol. The van der Waals surface area contributed by atoms with Crippen LogP contribution in [0, 0.1) is 0 Å². The van der Waals surface area contributed by atoms with Gasteiger partial charge in [-0.15, -0.1) is 5.69 Å². The van der Waals surface area contributed by atoms with E-state index >= 15 is 0 Å². The molecule has 5 heteroatoms. The molecule has 56 heavy (non-hydrogen) atoms. The van der Waals surface area contributed by atoms with Crippen molar-refractivity contribution in [2.24, 2.45) is 0 Å². The molecule has 0 aliphatic carbocycles. The van der Waals surface area contributed by atoms with Crippen LogP contribution < -0.4 is 42.4 Å². The molecule has 0 aliphatic heterocycles. The number of hydrogen-bond donors (Lipinski definition) is 0. The van der Waals surface area contributed by atoms with Gasteiger partial charge in [0, 0.05) is 0 Å². The molecule has 0 amide bonds. The van der Waals surface area contributed by atoms with Gasteiger partial charge in [-0.1, -0.05) is 240 Å². The van der Waals surface area contributed by atoms with Gasteiger partial charge in [0.25, 0.3) is 0 Å². The average molecular weight is 801 g/mol. The summed E-state index contributed by atoms with van der Waals surface area (Å²) in [4.78, 5) is 5.97. The van der Waals surface area contributed by atoms with Crippen LogP contribution in [-0.2, 0) is 0 Å². The Morgan fingerprint density at radius 2 is 0.696 bits per heavy atom. The largest absolute Gasteiger partial charge is 0.686 e. The molecule has 1 nitrogen and oxygen atoms in total. The van der Waals surface area contributed by atoms with Crippen LogP contribution >= 0.6 is 23.8 Å². The Morgan fingerprint density at radius 1 is 0.393 bits per heavy atom. The van der Waals surface area contributed by atoms with Gasteiger partial charge in [-0.2, -0.15) is 0 Å². The lowest BCUT2D eigenvalue weighted by Gasteiger charge is -2.46. The molecule has 0 unspecified atom stereocenters. The third-order valence-electron chi connectivity index (χ3n) is 10.2. The van der Waals surface area contributed by atoms with Crippen molar-refractivity contribution in [1.29, 1.82) is 0 Å². The van der Waals surface area contributed by atoms with E-state index in [-0.39, 0.29) is 0 Å². The summed E-state index contributed by atoms with van der Waals surface area (Å²) < 4.78 is 0. The van der Waals surface area contributed by atoms with Crippen molar-refractivity contribution >= 4 is 80.1 Å². The highest BCUT2D eigenvalue weighted by Gasteiger charge is 2.31. The van der Waals surface area contributed by atoms with E-state index in [1.807, 2.05) is 0 Å². The van der Waals surface area contributed by atoms with Crippen LogP contribution in [-0.4, -0.2) is 14.0 Å². The first kappa shape index (κ1) is 40.1. The normalized spacial score (nSPS) is 11.9. The highest BCUT2D eigenvalue weighted by Crippen LogP contribution is 2.47. The van der Waals surface area contributed by atoms with Crippen LogP contribution in [0.5, 0.6) is 0 Å². The number of hydrogen-bond acceptors (Lipinski definition) is 0. The Labute approximate surface area is 341 Å². The molecule has 0 heterocycles. The van der Waals surface area contributed by atoms with E-state index in [0.29, 0.717) is 11.8 Å². The second-order valence-electron chi connectivity index (χ2n) is 15.6. The Morgan fingerprint density at radius 3 is 1.02 bits per heavy atom. The lowest BCUT2D eigenvalue weighted by atomic mass is 9.93. The van der Waals surface area contributed by atoms with E-state index in [1.165, 1.54) is 59.3 Å². The maximum atomic E-state index is 5.97. The first-order valence-corrected chi connectivity index (χ1v) is 27.2. The zero-order valence-corrected chi connectivity index (χ0v) is 37.2. The summed E-state index contributed by atoms with van der Waals surface area (Å²) in [6.07, 6.45) is 0. The Bertz CT molecular complexity index is 2080. The zero-order chi connectivity index (χ0) is 39.1. The maximum Gasteiger partial charge on any atom is -0.00710 e. The molecule has 7 aromatic carbocycles. The molecule has 0 radical (unpaired) electrons. The number of benzene rings is 7. The van der Waals surface area contributed by atoms with Crippen LogP contribution in [0.25, 0.3) is 4.98 Å². The minimum absolute atomic E-state index is 0.404. The molecular weight excluding hydrogens is 748 g/mol. The smallest absolute Gasteiger partial charge is 0.00710 e. The van der Waals surface area contributed by atoms with Crippen molar-refractivity contribution in [2.45, 2.75) is 52.6 Å². The summed E-state index contributed by atoms with van der Waals surface area (Å²) in [6.45, 7) is 14.3. The van der Waals surface area contributed by atoms with Crippen LogP contribution in [0.1, 0.15) is 50.7 Å². The molecule has 7 rings (SSSR count). The maximum absolute atomic E-state index is 5.97. The SMILES string of the molecule is CC(C)c1cccc(C(C)C)c1[N-][Si](C)(C)CP(c1ccccc1P(c1ccccc1)c1ccccc1)c1ccccc1P(c1ccccc1)c1ccccc1. The molecular formula is C51H53NP3Si-. The van der Waals surface area contributed by atoms with Gasteiger partial charge in [-0.25, -0.2) is 0 Å². The van der Waals surface area contributed by atoms with Crippen LogP contribution in [0.4, 0.5) is 5.69 Å². The van der Waals surface area contributed by atoms with Crippen molar-refractivity contribution in [3.8, 4) is 0 Å². The van der Waals surface area contributed by atoms with Gasteiger partial charge in [0.15, 0.2) is 0 Å². The quantitative estimate of drug-likeness (QED) is 0.0768. The van der Waals surface area contributed by atoms with Crippen molar-refractivity contribution in [1.82, 2.24) is 0 Å². The molecule has 0 aliphatic rings. The van der Waals surface area contributed by atoms with Crippen molar-refractivity contribution in [3.63, 3.8) is 0 Å². The van der Waals surface area contributed by atoms with Crippen LogP contribution in [0.15, 0.2) is 188 Å². The summed E-state index contributed by atoms with van der Waals surface area (Å²) in [5.41, 5.74) is 3.99. The topological polar surface area (TPSA) is 14.1 Å². The average Bonchev–Trinajstić information content (AvgIpc) is 3.22. The van der Waals surface area contributed by atoms with E-state index in [9.17, 15) is 0 Å². The minimum atomic E-state index is -2.29. The molecule has 0 saturated heterocycles. The Hall–Kier alpha value is -4.15. The first-order valence-electron chi connectivity index (χ1n) is 19.8. The van der Waals surface area contributed by atoms with E-state index in [0.717, 1.165) is 5.79 Å². The molecule has 0 N–H and O–H groups in total. The number of nitrogens with zero attached hydrogens (tertiary/aromatic N) is 1. The summed E-state index contributed by atoms with van der Waals surface area (Å²) >= 11 is 0. The van der Waals surface area contributed by atoms with Gasteiger partial charge in [0.2, 0.25) is 0 Å². The fourth-order valence-electron chi connectivity index (χ4n) is 7.59. The number of rotatable bonds is 14. The van der Waals surface area contributed by atoms with E-state index in [2.05, 4.69) is 229 Å². The minimum Gasteiger partial charge on any atom is -0.686 e. The fourth-order valence-corrected chi connectivity index (χ4v) is 20.7. The first-order chi connectivity index (χ1) is 27.2. The van der Waals surface area contributed by atoms with Gasteiger partial charge >= 0.3 is 0 Å². The zero-order valence-electron chi connectivity index (χ0n) is 33.5. The van der Waals surface area contributed by atoms with E-state index < -0.39 is 32.0 Å². The van der Waals surface area contributed by atoms with E-state index in [1.54, 1.807) is 0 Å². The molecule has 0 spiro atoms. The Balaban J connectivity index is 1.46. The predicted octanol–water partition coefficient (Wildman–Crippen LogP) is 11.3. The van der Waals surface area contributed by atoms with Gasteiger partial charge in [0.1, 0.15) is 0 Å². The predicted molar refractivity (Wildman–Crippen MR) is 256 cm³/mol. The molecule has 0 atom stereocenters. The lowest BCUT2D eigenvalue weighted by molar-refractivity contribution is 0.841. The van der Waals surface area contributed by atoms with Crippen LogP contribution in [0.3, 0.4) is 0 Å². The van der Waals surface area contributed by atoms with Crippen molar-refractivity contribution in [3.05, 3.63) is 204 Å². The summed E-state index contributed by atoms with van der Waals surface area (Å²) in [5, 5.41) is 11.4. The van der Waals surface area contributed by atoms with Crippen molar-refractivity contribution in [2.75, 3.05) is 5.79 Å². The molecule has 0 bridgehead atoms. The van der Waals surface area contributed by atoms with Gasteiger partial charge in [0.05, 0.1) is 0 Å². The molecule has 0 saturated carbocycles. The second-order valence-corrected chi connectivity index (χ2v) is 26.9. The highest BCUT2D eigenvalue weighted by molar-refractivity contribution is 7.86. The third-order valence-corrected chi connectivity index (χ3v) is 22.7. The van der Waals surface area contributed by atoms with Crippen LogP contribution in [0.2, 0.25) is 13.1 Å². The second kappa shape index (κ2) is 18.4. The molecule has 282 valence electrons. The molecule has 7 aromatic rings. The fraction of sp³-hybridized carbons (Fsp3) is 0.176. The van der Waals surface area contributed by atoms with Crippen molar-refractivity contribution < 1.29 is 0 Å². The summed E-state index contributed by atoms with van der Waals surface area (Å²) in [5.74, 6) is 1.86. The lowest BCUT2D eigenvalue weighted by Crippen LogP contribution is -2.41. The van der Waals surface area contributed by atoms with Gasteiger partial charge < -0.3 is 4.98 Å². The summed E-state index contributed by atoms with van der Waals surface area (Å²) in [7, 11) is -4.77. The van der Waals surface area contributed by atoms with Gasteiger partial charge in [-0.05, 0) is 92.1 Å². The highest BCUT2D eigenvalue weighted by atomic mass is 31.1. The van der Waals surface area contributed by atoms with Gasteiger partial charge in [-0.3, -0.25) is 0 Å². The summed E-state index contributed by atoms with van der Waals surface area (Å²) in [6, 6.07) is 70.6. The Kier molecular flexibility index (Phi) is 13.2. The molecule has 0 fully saturated rings.